The maximum Gasteiger partial charge on any atom is 0.0245 e. The first-order valence-electron chi connectivity index (χ1n) is 5.82. The molecule has 84 valence electrons. The van der Waals surface area contributed by atoms with Crippen LogP contribution in [0.1, 0.15) is 30.2 Å². The number of fused-ring (bicyclic) bond motifs is 1. The highest BCUT2D eigenvalue weighted by molar-refractivity contribution is 7.10. The fraction of sp³-hybridized carbons (Fsp3) is 0.667. The van der Waals surface area contributed by atoms with E-state index in [0.717, 1.165) is 19.5 Å². The number of hydrogen-bond donors (Lipinski definition) is 1. The summed E-state index contributed by atoms with van der Waals surface area (Å²) in [5.41, 5.74) is 7.59. The Morgan fingerprint density at radius 3 is 3.27 bits per heavy atom. The number of thiophene rings is 1. The van der Waals surface area contributed by atoms with Crippen LogP contribution in [0.4, 0.5) is 0 Å². The number of nitrogens with zero attached hydrogens (tertiary/aromatic N) is 1. The first kappa shape index (κ1) is 11.1. The van der Waals surface area contributed by atoms with Crippen molar-refractivity contribution in [2.24, 2.45) is 5.73 Å². The highest BCUT2D eigenvalue weighted by atomic mass is 32.1. The molecule has 2 N–H and O–H groups in total. The molecule has 0 saturated heterocycles. The van der Waals surface area contributed by atoms with Gasteiger partial charge in [-0.25, -0.2) is 0 Å². The van der Waals surface area contributed by atoms with Crippen LogP contribution in [0, 0.1) is 0 Å². The minimum absolute atomic E-state index is 0.357. The first-order chi connectivity index (χ1) is 7.29. The highest BCUT2D eigenvalue weighted by Crippen LogP contribution is 2.23. The van der Waals surface area contributed by atoms with Gasteiger partial charge in [0.15, 0.2) is 0 Å². The summed E-state index contributed by atoms with van der Waals surface area (Å²) in [5.74, 6) is 0. The van der Waals surface area contributed by atoms with Gasteiger partial charge < -0.3 is 5.73 Å². The van der Waals surface area contributed by atoms with Gasteiger partial charge in [-0.05, 0) is 29.9 Å². The molecule has 2 nitrogen and oxygen atoms in total. The van der Waals surface area contributed by atoms with E-state index in [1.54, 1.807) is 4.88 Å². The van der Waals surface area contributed by atoms with Crippen LogP contribution in [-0.4, -0.2) is 24.0 Å². The van der Waals surface area contributed by atoms with Crippen molar-refractivity contribution in [1.82, 2.24) is 4.90 Å². The maximum absolute atomic E-state index is 6.07. The molecule has 3 heteroatoms. The van der Waals surface area contributed by atoms with Gasteiger partial charge in [-0.2, -0.15) is 0 Å². The third kappa shape index (κ3) is 2.80. The van der Waals surface area contributed by atoms with Crippen LogP contribution in [-0.2, 0) is 13.0 Å². The number of nitrogens with two attached hydrogens (primary N) is 1. The van der Waals surface area contributed by atoms with Gasteiger partial charge >= 0.3 is 0 Å². The summed E-state index contributed by atoms with van der Waals surface area (Å²) < 4.78 is 0. The number of hydrogen-bond acceptors (Lipinski definition) is 3. The monoisotopic (exact) mass is 224 g/mol. The molecule has 0 radical (unpaired) electrons. The molecule has 0 bridgehead atoms. The Morgan fingerprint density at radius 1 is 1.60 bits per heavy atom. The van der Waals surface area contributed by atoms with E-state index in [-0.39, 0.29) is 0 Å². The predicted molar refractivity (Wildman–Crippen MR) is 66.2 cm³/mol. The van der Waals surface area contributed by atoms with Crippen molar-refractivity contribution in [3.63, 3.8) is 0 Å². The van der Waals surface area contributed by atoms with Crippen LogP contribution >= 0.6 is 11.3 Å². The molecule has 1 atom stereocenters. The molecule has 2 rings (SSSR count). The van der Waals surface area contributed by atoms with Gasteiger partial charge in [-0.15, -0.1) is 11.3 Å². The van der Waals surface area contributed by atoms with Crippen molar-refractivity contribution in [3.05, 3.63) is 21.9 Å². The molecule has 2 heterocycles. The van der Waals surface area contributed by atoms with Gasteiger partial charge in [0, 0.05) is 30.6 Å². The molecule has 1 unspecified atom stereocenters. The molecule has 0 aromatic carbocycles. The second kappa shape index (κ2) is 5.10. The minimum atomic E-state index is 0.357. The van der Waals surface area contributed by atoms with E-state index in [1.165, 1.54) is 24.9 Å². The van der Waals surface area contributed by atoms with Gasteiger partial charge in [0.1, 0.15) is 0 Å². The zero-order valence-corrected chi connectivity index (χ0v) is 10.2. The van der Waals surface area contributed by atoms with E-state index < -0.39 is 0 Å². The van der Waals surface area contributed by atoms with Gasteiger partial charge in [0.05, 0.1) is 0 Å². The molecule has 1 aliphatic heterocycles. The Bertz CT molecular complexity index is 308. The van der Waals surface area contributed by atoms with Crippen LogP contribution in [0.3, 0.4) is 0 Å². The summed E-state index contributed by atoms with van der Waals surface area (Å²) in [6.07, 6.45) is 3.55. The second-order valence-corrected chi connectivity index (χ2v) is 5.40. The molecule has 0 spiro atoms. The summed E-state index contributed by atoms with van der Waals surface area (Å²) in [5, 5.41) is 2.21. The van der Waals surface area contributed by atoms with Gasteiger partial charge in [-0.3, -0.25) is 4.90 Å². The second-order valence-electron chi connectivity index (χ2n) is 4.40. The smallest absolute Gasteiger partial charge is 0.0245 e. The average Bonchev–Trinajstić information content (AvgIpc) is 2.65. The molecule has 1 aromatic heterocycles. The first-order valence-corrected chi connectivity index (χ1v) is 6.70. The quantitative estimate of drug-likeness (QED) is 0.850. The third-order valence-corrected chi connectivity index (χ3v) is 4.06. The van der Waals surface area contributed by atoms with E-state index in [2.05, 4.69) is 23.3 Å². The lowest BCUT2D eigenvalue weighted by Gasteiger charge is -2.29. The van der Waals surface area contributed by atoms with Crippen LogP contribution in [0.25, 0.3) is 0 Å². The Kier molecular flexibility index (Phi) is 3.78. The van der Waals surface area contributed by atoms with Crippen LogP contribution < -0.4 is 5.73 Å². The van der Waals surface area contributed by atoms with Gasteiger partial charge in [0.2, 0.25) is 0 Å². The van der Waals surface area contributed by atoms with Gasteiger partial charge in [0.25, 0.3) is 0 Å². The molecule has 0 aliphatic carbocycles. The lowest BCUT2D eigenvalue weighted by Crippen LogP contribution is -2.39. The Balaban J connectivity index is 1.87. The van der Waals surface area contributed by atoms with Crippen LogP contribution in [0.2, 0.25) is 0 Å². The average molecular weight is 224 g/mol. The highest BCUT2D eigenvalue weighted by Gasteiger charge is 2.18. The molecular weight excluding hydrogens is 204 g/mol. The zero-order chi connectivity index (χ0) is 10.7. The Hall–Kier alpha value is -0.380. The summed E-state index contributed by atoms with van der Waals surface area (Å²) in [6, 6.07) is 2.62. The van der Waals surface area contributed by atoms with E-state index in [9.17, 15) is 0 Å². The molecular formula is C12H20N2S. The summed E-state index contributed by atoms with van der Waals surface area (Å²) in [7, 11) is 0. The number of rotatable bonds is 4. The zero-order valence-electron chi connectivity index (χ0n) is 9.41. The van der Waals surface area contributed by atoms with Crippen LogP contribution in [0.5, 0.6) is 0 Å². The standard InChI is InChI=1S/C12H20N2S/c1-2-3-11(13)9-14-6-4-12-10(8-14)5-7-15-12/h5,7,11H,2-4,6,8-9,13H2,1H3. The molecule has 0 amide bonds. The Labute approximate surface area is 96.1 Å². The molecule has 0 fully saturated rings. The van der Waals surface area contributed by atoms with Crippen LogP contribution in [0.15, 0.2) is 11.4 Å². The Morgan fingerprint density at radius 2 is 2.47 bits per heavy atom. The predicted octanol–water partition coefficient (Wildman–Crippen LogP) is 2.23. The summed E-state index contributed by atoms with van der Waals surface area (Å²) in [4.78, 5) is 4.07. The van der Waals surface area contributed by atoms with E-state index >= 15 is 0 Å². The van der Waals surface area contributed by atoms with E-state index in [0.29, 0.717) is 6.04 Å². The van der Waals surface area contributed by atoms with Crippen molar-refractivity contribution in [2.45, 2.75) is 38.8 Å². The topological polar surface area (TPSA) is 29.3 Å². The van der Waals surface area contributed by atoms with Crippen molar-refractivity contribution >= 4 is 11.3 Å². The van der Waals surface area contributed by atoms with Gasteiger partial charge in [-0.1, -0.05) is 13.3 Å². The summed E-state index contributed by atoms with van der Waals surface area (Å²) in [6.45, 7) is 5.55. The fourth-order valence-electron chi connectivity index (χ4n) is 2.26. The molecule has 0 saturated carbocycles. The SMILES string of the molecule is CCCC(N)CN1CCc2sccc2C1. The normalized spacial score (nSPS) is 18.8. The fourth-order valence-corrected chi connectivity index (χ4v) is 3.15. The van der Waals surface area contributed by atoms with Crippen molar-refractivity contribution in [3.8, 4) is 0 Å². The third-order valence-electron chi connectivity index (χ3n) is 3.04. The van der Waals surface area contributed by atoms with Crippen molar-refractivity contribution < 1.29 is 0 Å². The lowest BCUT2D eigenvalue weighted by molar-refractivity contribution is 0.236. The molecule has 15 heavy (non-hydrogen) atoms. The van der Waals surface area contributed by atoms with Crippen molar-refractivity contribution in [1.29, 1.82) is 0 Å². The minimum Gasteiger partial charge on any atom is -0.327 e. The van der Waals surface area contributed by atoms with E-state index in [1.807, 2.05) is 11.3 Å². The van der Waals surface area contributed by atoms with E-state index in [4.69, 9.17) is 5.73 Å². The van der Waals surface area contributed by atoms with Crippen molar-refractivity contribution in [2.75, 3.05) is 13.1 Å². The molecule has 1 aromatic rings. The maximum atomic E-state index is 6.07. The lowest BCUT2D eigenvalue weighted by atomic mass is 10.1. The molecule has 1 aliphatic rings. The largest absolute Gasteiger partial charge is 0.327 e. The summed E-state index contributed by atoms with van der Waals surface area (Å²) >= 11 is 1.90.